The third-order valence-corrected chi connectivity index (χ3v) is 1.87. The Hall–Kier alpha value is -2.30. The van der Waals surface area contributed by atoms with Gasteiger partial charge in [-0.3, -0.25) is 0 Å². The van der Waals surface area contributed by atoms with Crippen LogP contribution in [-0.4, -0.2) is 25.2 Å². The van der Waals surface area contributed by atoms with Gasteiger partial charge in [0.15, 0.2) is 0 Å². The summed E-state index contributed by atoms with van der Waals surface area (Å²) in [6.07, 6.45) is 1.04. The van der Waals surface area contributed by atoms with Gasteiger partial charge in [-0.15, -0.1) is 0 Å². The molecule has 0 radical (unpaired) electrons. The topological polar surface area (TPSA) is 78.6 Å². The van der Waals surface area contributed by atoms with Gasteiger partial charge in [-0.25, -0.2) is 9.59 Å². The standard InChI is InChI=1S/C12H13NO4/c1-2-11(14)16-7-8-17-12(15)9-3-5-10(13)6-4-9/h2-6H,1,7-8,13H2. The first kappa shape index (κ1) is 12.8. The molecular formula is C12H13NO4. The van der Waals surface area contributed by atoms with E-state index in [1.165, 1.54) is 0 Å². The van der Waals surface area contributed by atoms with Gasteiger partial charge in [-0.2, -0.15) is 0 Å². The van der Waals surface area contributed by atoms with E-state index in [-0.39, 0.29) is 13.2 Å². The summed E-state index contributed by atoms with van der Waals surface area (Å²) in [6, 6.07) is 6.34. The maximum absolute atomic E-state index is 11.4. The molecule has 0 heterocycles. The molecule has 0 aliphatic heterocycles. The number of rotatable bonds is 5. The Morgan fingerprint density at radius 1 is 1.18 bits per heavy atom. The molecule has 5 heteroatoms. The lowest BCUT2D eigenvalue weighted by atomic mass is 10.2. The minimum absolute atomic E-state index is 0.00277. The monoisotopic (exact) mass is 235 g/mol. The number of ether oxygens (including phenoxy) is 2. The van der Waals surface area contributed by atoms with Crippen molar-refractivity contribution in [1.29, 1.82) is 0 Å². The van der Waals surface area contributed by atoms with E-state index >= 15 is 0 Å². The van der Waals surface area contributed by atoms with E-state index in [2.05, 4.69) is 11.3 Å². The minimum atomic E-state index is -0.548. The molecule has 1 aromatic rings. The highest BCUT2D eigenvalue weighted by Gasteiger charge is 2.06. The van der Waals surface area contributed by atoms with Crippen molar-refractivity contribution < 1.29 is 19.1 Å². The lowest BCUT2D eigenvalue weighted by molar-refractivity contribution is -0.138. The number of esters is 2. The minimum Gasteiger partial charge on any atom is -0.459 e. The molecule has 0 fully saturated rings. The van der Waals surface area contributed by atoms with Gasteiger partial charge in [0, 0.05) is 11.8 Å². The summed E-state index contributed by atoms with van der Waals surface area (Å²) in [5.41, 5.74) is 6.45. The van der Waals surface area contributed by atoms with Crippen molar-refractivity contribution in [3.63, 3.8) is 0 Å². The Labute approximate surface area is 98.8 Å². The van der Waals surface area contributed by atoms with Crippen LogP contribution >= 0.6 is 0 Å². The second kappa shape index (κ2) is 6.32. The molecule has 0 aliphatic rings. The van der Waals surface area contributed by atoms with E-state index in [4.69, 9.17) is 10.5 Å². The molecule has 0 amide bonds. The summed E-state index contributed by atoms with van der Waals surface area (Å²) in [5.74, 6) is -1.03. The number of carbonyl (C=O) groups excluding carboxylic acids is 2. The number of nitrogen functional groups attached to an aromatic ring is 1. The Bertz CT molecular complexity index is 411. The lowest BCUT2D eigenvalue weighted by Gasteiger charge is -2.05. The van der Waals surface area contributed by atoms with Crippen molar-refractivity contribution in [3.05, 3.63) is 42.5 Å². The highest BCUT2D eigenvalue weighted by atomic mass is 16.6. The third-order valence-electron chi connectivity index (χ3n) is 1.87. The first-order valence-electron chi connectivity index (χ1n) is 4.95. The van der Waals surface area contributed by atoms with Crippen LogP contribution in [0.25, 0.3) is 0 Å². The van der Waals surface area contributed by atoms with Crippen molar-refractivity contribution in [1.82, 2.24) is 0 Å². The van der Waals surface area contributed by atoms with Crippen LogP contribution in [-0.2, 0) is 14.3 Å². The first-order chi connectivity index (χ1) is 8.13. The number of hydrogen-bond acceptors (Lipinski definition) is 5. The number of nitrogens with two attached hydrogens (primary N) is 1. The highest BCUT2D eigenvalue weighted by molar-refractivity contribution is 5.89. The average molecular weight is 235 g/mol. The predicted molar refractivity (Wildman–Crippen MR) is 62.3 cm³/mol. The molecule has 0 saturated heterocycles. The van der Waals surface area contributed by atoms with E-state index in [0.717, 1.165) is 6.08 Å². The zero-order valence-corrected chi connectivity index (χ0v) is 9.22. The molecule has 1 aromatic carbocycles. The summed E-state index contributed by atoms with van der Waals surface area (Å²) in [4.78, 5) is 22.1. The van der Waals surface area contributed by atoms with Crippen molar-refractivity contribution in [2.24, 2.45) is 0 Å². The number of benzene rings is 1. The molecule has 17 heavy (non-hydrogen) atoms. The molecule has 0 saturated carbocycles. The van der Waals surface area contributed by atoms with E-state index in [1.807, 2.05) is 0 Å². The SMILES string of the molecule is C=CC(=O)OCCOC(=O)c1ccc(N)cc1. The van der Waals surface area contributed by atoms with Gasteiger partial charge >= 0.3 is 11.9 Å². The van der Waals surface area contributed by atoms with E-state index in [9.17, 15) is 9.59 Å². The predicted octanol–water partition coefficient (Wildman–Crippen LogP) is 1.15. The molecule has 0 aliphatic carbocycles. The fourth-order valence-corrected chi connectivity index (χ4v) is 1.04. The van der Waals surface area contributed by atoms with Crippen molar-refractivity contribution in [2.45, 2.75) is 0 Å². The van der Waals surface area contributed by atoms with E-state index in [0.29, 0.717) is 11.3 Å². The van der Waals surface area contributed by atoms with E-state index < -0.39 is 11.9 Å². The summed E-state index contributed by atoms with van der Waals surface area (Å²) in [5, 5.41) is 0. The average Bonchev–Trinajstić information content (AvgIpc) is 2.34. The number of anilines is 1. The van der Waals surface area contributed by atoms with Crippen LogP contribution in [0.2, 0.25) is 0 Å². The van der Waals surface area contributed by atoms with Gasteiger partial charge < -0.3 is 15.2 Å². The van der Waals surface area contributed by atoms with Crippen LogP contribution in [0, 0.1) is 0 Å². The number of carbonyl (C=O) groups is 2. The molecule has 0 atom stereocenters. The Kier molecular flexibility index (Phi) is 4.75. The summed E-state index contributed by atoms with van der Waals surface area (Å²) in [7, 11) is 0. The molecule has 90 valence electrons. The zero-order chi connectivity index (χ0) is 12.7. The zero-order valence-electron chi connectivity index (χ0n) is 9.22. The van der Waals surface area contributed by atoms with Crippen LogP contribution < -0.4 is 5.73 Å². The lowest BCUT2D eigenvalue weighted by Crippen LogP contribution is -2.12. The molecule has 1 rings (SSSR count). The Morgan fingerprint density at radius 2 is 1.76 bits per heavy atom. The maximum atomic E-state index is 11.4. The van der Waals surface area contributed by atoms with Crippen molar-refractivity contribution in [3.8, 4) is 0 Å². The van der Waals surface area contributed by atoms with Crippen LogP contribution in [0.4, 0.5) is 5.69 Å². The smallest absolute Gasteiger partial charge is 0.338 e. The molecule has 2 N–H and O–H groups in total. The second-order valence-electron chi connectivity index (χ2n) is 3.13. The summed E-state index contributed by atoms with van der Waals surface area (Å²) in [6.45, 7) is 3.24. The second-order valence-corrected chi connectivity index (χ2v) is 3.13. The van der Waals surface area contributed by atoms with Gasteiger partial charge in [0.25, 0.3) is 0 Å². The molecule has 0 aromatic heterocycles. The Morgan fingerprint density at radius 3 is 2.35 bits per heavy atom. The van der Waals surface area contributed by atoms with Gasteiger partial charge in [-0.1, -0.05) is 6.58 Å². The van der Waals surface area contributed by atoms with Crippen molar-refractivity contribution in [2.75, 3.05) is 18.9 Å². The van der Waals surface area contributed by atoms with Crippen molar-refractivity contribution >= 4 is 17.6 Å². The fraction of sp³-hybridized carbons (Fsp3) is 0.167. The largest absolute Gasteiger partial charge is 0.459 e. The van der Waals surface area contributed by atoms with Gasteiger partial charge in [0.2, 0.25) is 0 Å². The van der Waals surface area contributed by atoms with Crippen LogP contribution in [0.3, 0.4) is 0 Å². The van der Waals surface area contributed by atoms with Gasteiger partial charge in [-0.05, 0) is 24.3 Å². The summed E-state index contributed by atoms with van der Waals surface area (Å²) < 4.78 is 9.51. The van der Waals surface area contributed by atoms with Crippen LogP contribution in [0.1, 0.15) is 10.4 Å². The molecule has 0 spiro atoms. The highest BCUT2D eigenvalue weighted by Crippen LogP contribution is 2.06. The first-order valence-corrected chi connectivity index (χ1v) is 4.95. The maximum Gasteiger partial charge on any atom is 0.338 e. The number of hydrogen-bond donors (Lipinski definition) is 1. The van der Waals surface area contributed by atoms with Gasteiger partial charge in [0.05, 0.1) is 5.56 Å². The molecule has 5 nitrogen and oxygen atoms in total. The van der Waals surface area contributed by atoms with Crippen LogP contribution in [0.5, 0.6) is 0 Å². The third kappa shape index (κ3) is 4.38. The fourth-order valence-electron chi connectivity index (χ4n) is 1.04. The molecule has 0 unspecified atom stereocenters. The molecular weight excluding hydrogens is 222 g/mol. The van der Waals surface area contributed by atoms with Crippen LogP contribution in [0.15, 0.2) is 36.9 Å². The summed E-state index contributed by atoms with van der Waals surface area (Å²) >= 11 is 0. The van der Waals surface area contributed by atoms with E-state index in [1.54, 1.807) is 24.3 Å². The Balaban J connectivity index is 2.32. The van der Waals surface area contributed by atoms with Gasteiger partial charge in [0.1, 0.15) is 13.2 Å². The quantitative estimate of drug-likeness (QED) is 0.358. The normalized spacial score (nSPS) is 9.41. The molecule has 0 bridgehead atoms.